The molecule has 0 amide bonds. The normalized spacial score (nSPS) is 46.8. The van der Waals surface area contributed by atoms with Crippen molar-refractivity contribution in [2.75, 3.05) is 26.4 Å². The third-order valence-electron chi connectivity index (χ3n) is 6.85. The van der Waals surface area contributed by atoms with Gasteiger partial charge in [0.1, 0.15) is 80.4 Å². The lowest BCUT2D eigenvalue weighted by Gasteiger charge is -2.44. The Bertz CT molecular complexity index is 788. The Morgan fingerprint density at radius 1 is 0.744 bits per heavy atom. The van der Waals surface area contributed by atoms with Crippen LogP contribution in [0.5, 0.6) is 0 Å². The molecule has 3 heterocycles. The Hall–Kier alpha value is -1.13. The zero-order valence-corrected chi connectivity index (χ0v) is 21.1. The predicted molar refractivity (Wildman–Crippen MR) is 120 cm³/mol. The summed E-state index contributed by atoms with van der Waals surface area (Å²) in [5.74, 6) is -2.95. The number of hydrogen-bond donors (Lipinski definition) is 10. The van der Waals surface area contributed by atoms with Gasteiger partial charge in [0.25, 0.3) is 0 Å². The van der Waals surface area contributed by atoms with Gasteiger partial charge in [-0.05, 0) is 6.42 Å². The molecular weight excluding hydrogens is 536 g/mol. The van der Waals surface area contributed by atoms with E-state index in [-0.39, 0.29) is 6.42 Å². The SMILES string of the molecule is CCCC(=O)OC[C@H]1O[C@H](OC[C@H]2O[C@H](O[C@]3(CO)O[C@H](CO)[C@@H](O)[C@@H]3O)[C@H](O)[C@@H](O)[C@@H]2O)[C@H](O)[C@@H](O)[C@H]1O. The lowest BCUT2D eigenvalue weighted by atomic mass is 9.98. The van der Waals surface area contributed by atoms with E-state index in [9.17, 15) is 55.9 Å². The molecule has 0 aromatic carbocycles. The number of hydrogen-bond acceptors (Lipinski definition) is 17. The molecule has 3 aliphatic rings. The van der Waals surface area contributed by atoms with Gasteiger partial charge >= 0.3 is 5.97 Å². The Kier molecular flexibility index (Phi) is 11.4. The van der Waals surface area contributed by atoms with Crippen LogP contribution in [0.3, 0.4) is 0 Å². The first-order valence-electron chi connectivity index (χ1n) is 12.5. The van der Waals surface area contributed by atoms with E-state index in [4.69, 9.17) is 28.4 Å². The van der Waals surface area contributed by atoms with Gasteiger partial charge in [-0.15, -0.1) is 0 Å². The van der Waals surface area contributed by atoms with Gasteiger partial charge in [-0.25, -0.2) is 0 Å². The molecular formula is C22H38O17. The van der Waals surface area contributed by atoms with Crippen LogP contribution in [0.2, 0.25) is 0 Å². The van der Waals surface area contributed by atoms with Gasteiger partial charge in [0, 0.05) is 6.42 Å². The Morgan fingerprint density at radius 3 is 1.85 bits per heavy atom. The van der Waals surface area contributed by atoms with Crippen LogP contribution in [0, 0.1) is 0 Å². The zero-order chi connectivity index (χ0) is 29.1. The molecule has 3 saturated heterocycles. The number of carbonyl (C=O) groups is 1. The van der Waals surface area contributed by atoms with Crippen molar-refractivity contribution in [1.29, 1.82) is 0 Å². The van der Waals surface area contributed by atoms with E-state index in [0.717, 1.165) is 0 Å². The van der Waals surface area contributed by atoms with Crippen molar-refractivity contribution in [3.63, 3.8) is 0 Å². The van der Waals surface area contributed by atoms with Crippen LogP contribution >= 0.6 is 0 Å². The Morgan fingerprint density at radius 2 is 1.31 bits per heavy atom. The predicted octanol–water partition coefficient (Wildman–Crippen LogP) is -6.22. The van der Waals surface area contributed by atoms with Crippen LogP contribution in [0.25, 0.3) is 0 Å². The molecule has 3 rings (SSSR count). The quantitative estimate of drug-likeness (QED) is 0.103. The minimum atomic E-state index is -2.38. The summed E-state index contributed by atoms with van der Waals surface area (Å²) in [6.45, 7) is -1.18. The molecule has 17 heteroatoms. The highest BCUT2D eigenvalue weighted by Gasteiger charge is 2.58. The number of aliphatic hydroxyl groups is 10. The lowest BCUT2D eigenvalue weighted by Crippen LogP contribution is -2.63. The lowest BCUT2D eigenvalue weighted by molar-refractivity contribution is -0.388. The fourth-order valence-corrected chi connectivity index (χ4v) is 4.45. The van der Waals surface area contributed by atoms with Crippen LogP contribution in [0.1, 0.15) is 19.8 Å². The van der Waals surface area contributed by atoms with Crippen LogP contribution in [0.4, 0.5) is 0 Å². The third kappa shape index (κ3) is 6.85. The van der Waals surface area contributed by atoms with Gasteiger partial charge in [-0.2, -0.15) is 0 Å². The number of rotatable bonds is 11. The average Bonchev–Trinajstić information content (AvgIpc) is 3.16. The minimum absolute atomic E-state index is 0.113. The van der Waals surface area contributed by atoms with Crippen LogP contribution in [0.15, 0.2) is 0 Å². The van der Waals surface area contributed by atoms with E-state index in [1.54, 1.807) is 6.92 Å². The Labute approximate surface area is 222 Å². The third-order valence-corrected chi connectivity index (χ3v) is 6.85. The summed E-state index contributed by atoms with van der Waals surface area (Å²) in [4.78, 5) is 11.6. The molecule has 3 aliphatic heterocycles. The van der Waals surface area contributed by atoms with Crippen molar-refractivity contribution in [2.45, 2.75) is 105 Å². The van der Waals surface area contributed by atoms with Crippen molar-refractivity contribution >= 4 is 5.97 Å². The topological polar surface area (TPSA) is 275 Å². The fourth-order valence-electron chi connectivity index (χ4n) is 4.45. The second-order valence-corrected chi connectivity index (χ2v) is 9.66. The van der Waals surface area contributed by atoms with E-state index >= 15 is 0 Å². The van der Waals surface area contributed by atoms with Gasteiger partial charge in [-0.1, -0.05) is 6.92 Å². The highest BCUT2D eigenvalue weighted by molar-refractivity contribution is 5.69. The molecule has 39 heavy (non-hydrogen) atoms. The van der Waals surface area contributed by atoms with Crippen molar-refractivity contribution in [3.05, 3.63) is 0 Å². The van der Waals surface area contributed by atoms with E-state index in [1.165, 1.54) is 0 Å². The first-order chi connectivity index (χ1) is 18.4. The number of esters is 1. The highest BCUT2D eigenvalue weighted by Crippen LogP contribution is 2.36. The molecule has 0 radical (unpaired) electrons. The molecule has 0 saturated carbocycles. The molecule has 0 aromatic heterocycles. The molecule has 17 nitrogen and oxygen atoms in total. The molecule has 14 atom stereocenters. The summed E-state index contributed by atoms with van der Waals surface area (Å²) < 4.78 is 31.9. The molecule has 3 fully saturated rings. The molecule has 0 unspecified atom stereocenters. The maximum atomic E-state index is 11.6. The van der Waals surface area contributed by atoms with Crippen molar-refractivity contribution in [2.24, 2.45) is 0 Å². The van der Waals surface area contributed by atoms with E-state index in [1.807, 2.05) is 0 Å². The van der Waals surface area contributed by atoms with Crippen LogP contribution < -0.4 is 0 Å². The maximum absolute atomic E-state index is 11.6. The van der Waals surface area contributed by atoms with Gasteiger partial charge < -0.3 is 79.5 Å². The summed E-state index contributed by atoms with van der Waals surface area (Å²) in [6.07, 6.45) is -21.5. The zero-order valence-electron chi connectivity index (χ0n) is 21.1. The van der Waals surface area contributed by atoms with Crippen LogP contribution in [-0.4, -0.2) is 169 Å². The monoisotopic (exact) mass is 574 g/mol. The number of carbonyl (C=O) groups excluding carboxylic acids is 1. The summed E-state index contributed by atoms with van der Waals surface area (Å²) in [5.41, 5.74) is 0. The van der Waals surface area contributed by atoms with Gasteiger partial charge in [0.2, 0.25) is 5.79 Å². The van der Waals surface area contributed by atoms with Crippen LogP contribution in [-0.2, 0) is 33.2 Å². The van der Waals surface area contributed by atoms with Gasteiger partial charge in [0.15, 0.2) is 12.6 Å². The van der Waals surface area contributed by atoms with Gasteiger partial charge in [0.05, 0.1) is 13.2 Å². The van der Waals surface area contributed by atoms with Crippen molar-refractivity contribution in [3.8, 4) is 0 Å². The molecule has 0 bridgehead atoms. The average molecular weight is 575 g/mol. The second kappa shape index (κ2) is 13.7. The molecule has 0 aromatic rings. The smallest absolute Gasteiger partial charge is 0.305 e. The molecule has 10 N–H and O–H groups in total. The van der Waals surface area contributed by atoms with Crippen molar-refractivity contribution in [1.82, 2.24) is 0 Å². The highest BCUT2D eigenvalue weighted by atomic mass is 16.8. The maximum Gasteiger partial charge on any atom is 0.305 e. The fraction of sp³-hybridized carbons (Fsp3) is 0.955. The second-order valence-electron chi connectivity index (χ2n) is 9.66. The first-order valence-corrected chi connectivity index (χ1v) is 12.5. The van der Waals surface area contributed by atoms with Crippen molar-refractivity contribution < 1.29 is 84.3 Å². The van der Waals surface area contributed by atoms with E-state index in [0.29, 0.717) is 6.42 Å². The van der Waals surface area contributed by atoms with E-state index < -0.39 is 118 Å². The van der Waals surface area contributed by atoms with E-state index in [2.05, 4.69) is 0 Å². The minimum Gasteiger partial charge on any atom is -0.463 e. The Balaban J connectivity index is 1.66. The number of ether oxygens (including phenoxy) is 6. The molecule has 0 spiro atoms. The largest absolute Gasteiger partial charge is 0.463 e. The van der Waals surface area contributed by atoms with Gasteiger partial charge in [-0.3, -0.25) is 4.79 Å². The summed E-state index contributed by atoms with van der Waals surface area (Å²) in [5, 5.41) is 101. The first kappa shape index (κ1) is 32.4. The molecule has 228 valence electrons. The number of aliphatic hydroxyl groups excluding tert-OH is 10. The summed E-state index contributed by atoms with van der Waals surface area (Å²) >= 11 is 0. The summed E-state index contributed by atoms with van der Waals surface area (Å²) in [6, 6.07) is 0. The molecule has 0 aliphatic carbocycles. The summed E-state index contributed by atoms with van der Waals surface area (Å²) in [7, 11) is 0. The standard InChI is InChI=1S/C22H38O17/c1-2-3-11(25)34-5-9-12(26)15(29)17(31)20(36-9)35-6-10-13(27)16(30)18(32)21(37-10)39-22(7-24)19(33)14(28)8(4-23)38-22/h8-10,12-21,23-24,26-33H,2-7H2,1H3/t8-,9-,10-,12+,13-,14-,15+,16+,17-,18-,19+,20+,21-,22+/m1/s1.